The molecular weight excluding hydrogens is 1700 g/mol. The Bertz CT molecular complexity index is 6290. The van der Waals surface area contributed by atoms with Crippen LogP contribution in [-0.4, -0.2) is 6.04 Å². The summed E-state index contributed by atoms with van der Waals surface area (Å²) < 4.78 is 0. The van der Waals surface area contributed by atoms with E-state index in [-0.39, 0.29) is 17.4 Å². The van der Waals surface area contributed by atoms with Gasteiger partial charge in [-0.2, -0.15) is 0 Å². The molecule has 8 saturated carbocycles. The smallest absolute Gasteiger partial charge is 0.0620 e. The Kier molecular flexibility index (Phi) is 28.0. The Hall–Kier alpha value is -11.3. The van der Waals surface area contributed by atoms with Crippen molar-refractivity contribution in [3.8, 4) is 66.8 Å². The monoisotopic (exact) mass is 1850 g/mol. The SMILES string of the molecule is CC1C(c2ccc(C3CCCCC3)cc2)=CC(c2ccc(C3CCCCC3)cc2)=CC1N(c1cc(-c2ccc(C3CCCCC3)cc2)cc(-c2ccc(C3CCCCC3)cc2)c1)c1c2ccccc2c(N(c2cc(-c3ccc(C4CCCCC4)cc3)cc(-c3ccc(C4CCCCC4)cc3)c2)c2cc(-c3ccc(C4CCCCC4)cc3)cc(-c3ccc(C4CCCCC4)cc3)c2)c2ccc(C(C)(C)C)cc12. The highest BCUT2D eigenvalue weighted by molar-refractivity contribution is 6.23. The van der Waals surface area contributed by atoms with Gasteiger partial charge in [0.15, 0.2) is 0 Å². The van der Waals surface area contributed by atoms with E-state index >= 15 is 0 Å². The van der Waals surface area contributed by atoms with Crippen LogP contribution in [0.15, 0.2) is 303 Å². The second-order valence-electron chi connectivity index (χ2n) is 46.4. The number of anilines is 5. The minimum absolute atomic E-state index is 0.00696. The molecule has 0 spiro atoms. The van der Waals surface area contributed by atoms with Gasteiger partial charge in [0.2, 0.25) is 0 Å². The molecule has 0 radical (unpaired) electrons. The van der Waals surface area contributed by atoms with E-state index in [0.717, 1.165) is 11.4 Å². The molecule has 141 heavy (non-hydrogen) atoms. The first-order valence-electron chi connectivity index (χ1n) is 56.7. The van der Waals surface area contributed by atoms with Gasteiger partial charge in [-0.05, 0) is 355 Å². The molecule has 8 fully saturated rings. The van der Waals surface area contributed by atoms with Gasteiger partial charge in [0, 0.05) is 44.5 Å². The maximum atomic E-state index is 2.95. The normalized spacial score (nSPS) is 19.6. The summed E-state index contributed by atoms with van der Waals surface area (Å²) in [6.07, 6.45) is 57.5. The summed E-state index contributed by atoms with van der Waals surface area (Å²) in [6, 6.07) is 121. The van der Waals surface area contributed by atoms with Gasteiger partial charge in [0.25, 0.3) is 0 Å². The first-order valence-corrected chi connectivity index (χ1v) is 56.7. The minimum Gasteiger partial charge on any atom is -0.333 e. The molecule has 2 nitrogen and oxygen atoms in total. The molecule has 2 atom stereocenters. The first-order chi connectivity index (χ1) is 69.4. The summed E-state index contributed by atoms with van der Waals surface area (Å²) in [7, 11) is 0. The lowest BCUT2D eigenvalue weighted by Gasteiger charge is -2.42. The average Bonchev–Trinajstić information content (AvgIpc) is 0.709. The molecule has 2 heteroatoms. The van der Waals surface area contributed by atoms with E-state index in [2.05, 4.69) is 341 Å². The van der Waals surface area contributed by atoms with Crippen LogP contribution in [0.2, 0.25) is 0 Å². The van der Waals surface area contributed by atoms with Gasteiger partial charge >= 0.3 is 0 Å². The van der Waals surface area contributed by atoms with Gasteiger partial charge in [-0.3, -0.25) is 0 Å². The van der Waals surface area contributed by atoms with Crippen molar-refractivity contribution in [2.45, 2.75) is 343 Å². The van der Waals surface area contributed by atoms with Gasteiger partial charge in [-0.15, -0.1) is 0 Å². The van der Waals surface area contributed by atoms with E-state index in [0.29, 0.717) is 47.3 Å². The molecule has 0 aromatic heterocycles. The molecule has 0 bridgehead atoms. The van der Waals surface area contributed by atoms with Crippen molar-refractivity contribution in [3.63, 3.8) is 0 Å². The van der Waals surface area contributed by atoms with Gasteiger partial charge in [-0.1, -0.05) is 424 Å². The summed E-state index contributed by atoms with van der Waals surface area (Å²) in [6.45, 7) is 9.97. The number of benzene rings is 14. The number of hydrogen-bond donors (Lipinski definition) is 0. The molecule has 23 rings (SSSR count). The second-order valence-corrected chi connectivity index (χ2v) is 46.4. The average molecular weight is 1850 g/mol. The van der Waals surface area contributed by atoms with Gasteiger partial charge in [0.1, 0.15) is 0 Å². The fourth-order valence-electron chi connectivity index (χ4n) is 27.9. The third kappa shape index (κ3) is 20.3. The molecule has 718 valence electrons. The lowest BCUT2D eigenvalue weighted by Crippen LogP contribution is -2.37. The summed E-state index contributed by atoms with van der Waals surface area (Å²) in [5, 5.41) is 4.90. The van der Waals surface area contributed by atoms with Crippen LogP contribution in [0.5, 0.6) is 0 Å². The quantitative estimate of drug-likeness (QED) is 0.0493. The number of fused-ring (bicyclic) bond motifs is 2. The predicted octanol–water partition coefficient (Wildman–Crippen LogP) is 41.5. The van der Waals surface area contributed by atoms with Crippen LogP contribution >= 0.6 is 0 Å². The van der Waals surface area contributed by atoms with Crippen molar-refractivity contribution in [2.24, 2.45) is 5.92 Å². The molecule has 2 unspecified atom stereocenters. The van der Waals surface area contributed by atoms with Crippen molar-refractivity contribution in [1.29, 1.82) is 0 Å². The molecular formula is C139H152N2. The van der Waals surface area contributed by atoms with Crippen LogP contribution in [0.1, 0.15) is 393 Å². The van der Waals surface area contributed by atoms with E-state index in [1.165, 1.54) is 435 Å². The number of hydrogen-bond acceptors (Lipinski definition) is 2. The van der Waals surface area contributed by atoms with E-state index < -0.39 is 0 Å². The highest BCUT2D eigenvalue weighted by atomic mass is 15.2. The van der Waals surface area contributed by atoms with Crippen molar-refractivity contribution in [2.75, 3.05) is 9.80 Å². The Morgan fingerprint density at radius 1 is 0.213 bits per heavy atom. The van der Waals surface area contributed by atoms with Crippen molar-refractivity contribution >= 4 is 61.1 Å². The number of rotatable bonds is 22. The molecule has 0 aliphatic heterocycles. The van der Waals surface area contributed by atoms with Gasteiger partial charge in [-0.25, -0.2) is 0 Å². The van der Waals surface area contributed by atoms with Crippen LogP contribution in [0.3, 0.4) is 0 Å². The molecule has 0 heterocycles. The predicted molar refractivity (Wildman–Crippen MR) is 604 cm³/mol. The fourth-order valence-corrected chi connectivity index (χ4v) is 27.9. The zero-order valence-electron chi connectivity index (χ0n) is 85.3. The molecule has 0 amide bonds. The Labute approximate surface area is 845 Å². The third-order valence-electron chi connectivity index (χ3n) is 36.4. The van der Waals surface area contributed by atoms with Crippen molar-refractivity contribution in [1.82, 2.24) is 0 Å². The van der Waals surface area contributed by atoms with Crippen molar-refractivity contribution in [3.05, 3.63) is 365 Å². The molecule has 9 aliphatic rings. The summed E-state index contributed by atoms with van der Waals surface area (Å²) in [4.78, 5) is 5.76. The number of allylic oxidation sites excluding steroid dienone is 2. The molecule has 0 N–H and O–H groups in total. The second kappa shape index (κ2) is 42.3. The molecule has 14 aromatic carbocycles. The molecule has 14 aromatic rings. The third-order valence-corrected chi connectivity index (χ3v) is 36.4. The van der Waals surface area contributed by atoms with E-state index in [4.69, 9.17) is 0 Å². The maximum absolute atomic E-state index is 2.95. The van der Waals surface area contributed by atoms with Crippen LogP contribution in [0.4, 0.5) is 28.4 Å². The largest absolute Gasteiger partial charge is 0.333 e. The lowest BCUT2D eigenvalue weighted by atomic mass is 9.78. The maximum Gasteiger partial charge on any atom is 0.0620 e. The van der Waals surface area contributed by atoms with Gasteiger partial charge in [0.05, 0.1) is 17.4 Å². The number of nitrogens with zero attached hydrogens (tertiary/aromatic N) is 2. The Morgan fingerprint density at radius 2 is 0.454 bits per heavy atom. The van der Waals surface area contributed by atoms with Crippen LogP contribution in [0.25, 0.3) is 99.5 Å². The van der Waals surface area contributed by atoms with E-state index in [1.807, 2.05) is 0 Å². The highest BCUT2D eigenvalue weighted by Crippen LogP contribution is 2.57. The fraction of sp³-hybridized carbons (Fsp3) is 0.396. The molecule has 0 saturated heterocycles. The highest BCUT2D eigenvalue weighted by Gasteiger charge is 2.38. The molecule has 9 aliphatic carbocycles. The zero-order chi connectivity index (χ0) is 94.7. The van der Waals surface area contributed by atoms with Gasteiger partial charge < -0.3 is 9.80 Å². The Morgan fingerprint density at radius 3 is 0.723 bits per heavy atom. The Balaban J connectivity index is 0.808. The standard InChI is InChI=1S/C139H152N2/c1-95-134(119-79-77-111(78-80-119)103-45-27-12-28-46-103)92-126(118-75-61-110(62-76-118)102-43-25-11-26-44-102)93-136(95)141(130-90-124(116-71-57-108(58-72-116)100-39-21-9-22-40-100)85-125(91-130)117-73-59-109(60-74-117)101-41-23-10-24-42-101)138-132-48-30-29-47-131(132)137(133-82-81-127(94-135(133)138)139(2,3)4)140(128-86-120(112-63-49-104(50-64-112)96-31-13-5-14-32-96)83-121(87-128)113-65-51-105(52-66-113)97-33-15-6-16-34-97)129-88-122(114-67-53-106(54-68-114)98-35-17-7-18-36-98)84-123(89-129)115-69-55-107(56-70-115)99-37-19-8-20-38-99/h29-30,47-103,136H,5-28,31-46H2,1-4H3. The van der Waals surface area contributed by atoms with E-state index in [1.54, 1.807) is 0 Å². The summed E-state index contributed by atoms with van der Waals surface area (Å²) >= 11 is 0. The van der Waals surface area contributed by atoms with Crippen molar-refractivity contribution < 1.29 is 0 Å². The van der Waals surface area contributed by atoms with Crippen LogP contribution in [-0.2, 0) is 5.41 Å². The summed E-state index contributed by atoms with van der Waals surface area (Å²) in [5.74, 6) is 4.80. The minimum atomic E-state index is -0.234. The summed E-state index contributed by atoms with van der Waals surface area (Å²) in [5.41, 5.74) is 39.2. The van der Waals surface area contributed by atoms with E-state index in [9.17, 15) is 0 Å². The zero-order valence-corrected chi connectivity index (χ0v) is 85.3. The van der Waals surface area contributed by atoms with Crippen LogP contribution < -0.4 is 9.80 Å². The van der Waals surface area contributed by atoms with Crippen LogP contribution in [0, 0.1) is 5.92 Å². The topological polar surface area (TPSA) is 6.48 Å². The lowest BCUT2D eigenvalue weighted by molar-refractivity contribution is 0.443. The first kappa shape index (κ1) is 93.3.